The van der Waals surface area contributed by atoms with Crippen LogP contribution in [0.4, 0.5) is 28.4 Å². The molecule has 3 N–H and O–H groups in total. The fourth-order valence-electron chi connectivity index (χ4n) is 3.16. The molecular weight excluding hydrogens is 556 g/mol. The molecule has 0 amide bonds. The van der Waals surface area contributed by atoms with Crippen LogP contribution in [0.25, 0.3) is 10.8 Å². The van der Waals surface area contributed by atoms with Crippen LogP contribution < -0.4 is 70.0 Å². The number of anilines is 1. The molecule has 0 saturated carbocycles. The van der Waals surface area contributed by atoms with Crippen molar-refractivity contribution in [2.75, 3.05) is 5.73 Å². The van der Waals surface area contributed by atoms with Gasteiger partial charge in [-0.2, -0.15) is 23.8 Å². The molecule has 38 heavy (non-hydrogen) atoms. The Kier molecular flexibility index (Phi) is 10.7. The molecule has 16 heteroatoms. The standard InChI is InChI=1S/C22H17N5O7S2.2Na/c23-19-3-1-2-17-18(19)12-20(36(32,33)34)21(22(17)28)27-26-14-6-4-13(5-7-14)24-25-15-8-10-16(11-9-15)35(29,30)31;;/h1-12,28H,23H2,(H,29,30,31)(H,32,33,34);;/q;2*+1/p-2. The van der Waals surface area contributed by atoms with Gasteiger partial charge in [-0.3, -0.25) is 4.55 Å². The maximum Gasteiger partial charge on any atom is 1.00 e. The average molecular weight is 572 g/mol. The Morgan fingerprint density at radius 3 is 1.66 bits per heavy atom. The Hall–Kier alpha value is -2.24. The molecule has 0 saturated heterocycles. The summed E-state index contributed by atoms with van der Waals surface area (Å²) in [6.07, 6.45) is 0. The van der Waals surface area contributed by atoms with Gasteiger partial charge in [-0.05, 0) is 66.0 Å². The Morgan fingerprint density at radius 2 is 1.18 bits per heavy atom. The minimum Gasteiger partial charge on any atom is -0.871 e. The van der Waals surface area contributed by atoms with Crippen molar-refractivity contribution in [2.24, 2.45) is 20.5 Å². The number of nitrogens with two attached hydrogens (primary N) is 1. The van der Waals surface area contributed by atoms with Crippen LogP contribution >= 0.6 is 0 Å². The van der Waals surface area contributed by atoms with Crippen LogP contribution in [0.2, 0.25) is 0 Å². The molecule has 0 bridgehead atoms. The topological polar surface area (TPSA) is 210 Å². The van der Waals surface area contributed by atoms with E-state index < -0.39 is 36.6 Å². The smallest absolute Gasteiger partial charge is 0.871 e. The molecule has 0 spiro atoms. The molecule has 0 unspecified atom stereocenters. The van der Waals surface area contributed by atoms with E-state index in [2.05, 4.69) is 20.5 Å². The SMILES string of the molecule is Nc1cccc2c([O-])c(N=Nc3ccc(N=Nc4ccc(S(=O)(=O)[O-])cc4)cc3)c(S(=O)(=O)O)cc12.[Na+].[Na+]. The van der Waals surface area contributed by atoms with Crippen molar-refractivity contribution in [2.45, 2.75) is 9.79 Å². The zero-order valence-electron chi connectivity index (χ0n) is 20.0. The molecule has 0 heterocycles. The Balaban J connectivity index is 0.00000253. The van der Waals surface area contributed by atoms with Gasteiger partial charge in [0.1, 0.15) is 15.0 Å². The average Bonchev–Trinajstić information content (AvgIpc) is 2.82. The van der Waals surface area contributed by atoms with Crippen molar-refractivity contribution < 1.29 is 90.2 Å². The van der Waals surface area contributed by atoms with Crippen molar-refractivity contribution >= 4 is 59.4 Å². The van der Waals surface area contributed by atoms with Crippen LogP contribution in [0, 0.1) is 0 Å². The molecule has 4 rings (SSSR count). The third kappa shape index (κ3) is 7.45. The zero-order chi connectivity index (χ0) is 26.1. The number of azo groups is 2. The van der Waals surface area contributed by atoms with Crippen molar-refractivity contribution in [3.8, 4) is 5.75 Å². The van der Waals surface area contributed by atoms with E-state index >= 15 is 0 Å². The quantitative estimate of drug-likeness (QED) is 0.120. The van der Waals surface area contributed by atoms with Gasteiger partial charge in [-0.15, -0.1) is 5.11 Å². The molecule has 0 aromatic heterocycles. The molecule has 0 aliphatic heterocycles. The first kappa shape index (κ1) is 32.0. The number of hydrogen-bond donors (Lipinski definition) is 2. The number of nitrogens with zero attached hydrogens (tertiary/aromatic N) is 4. The fourth-order valence-corrected chi connectivity index (χ4v) is 4.28. The summed E-state index contributed by atoms with van der Waals surface area (Å²) in [5.74, 6) is -0.766. The summed E-state index contributed by atoms with van der Waals surface area (Å²) < 4.78 is 66.3. The third-order valence-corrected chi connectivity index (χ3v) is 6.62. The number of fused-ring (bicyclic) bond motifs is 1. The Morgan fingerprint density at radius 1 is 0.711 bits per heavy atom. The first-order valence-electron chi connectivity index (χ1n) is 9.93. The van der Waals surface area contributed by atoms with Gasteiger partial charge < -0.3 is 15.4 Å². The van der Waals surface area contributed by atoms with Gasteiger partial charge in [0, 0.05) is 11.1 Å². The zero-order valence-corrected chi connectivity index (χ0v) is 25.6. The molecule has 0 fully saturated rings. The minimum absolute atomic E-state index is 0. The first-order chi connectivity index (χ1) is 16.9. The van der Waals surface area contributed by atoms with Crippen LogP contribution in [0.15, 0.2) is 103 Å². The Bertz CT molecular complexity index is 1750. The second-order valence-corrected chi connectivity index (χ2v) is 10.1. The van der Waals surface area contributed by atoms with E-state index in [4.69, 9.17) is 5.73 Å². The predicted octanol–water partition coefficient (Wildman–Crippen LogP) is -1.51. The van der Waals surface area contributed by atoms with Gasteiger partial charge in [0.25, 0.3) is 10.1 Å². The van der Waals surface area contributed by atoms with E-state index in [-0.39, 0.29) is 86.2 Å². The van der Waals surface area contributed by atoms with Gasteiger partial charge in [-0.1, -0.05) is 17.9 Å². The second-order valence-electron chi connectivity index (χ2n) is 7.33. The van der Waals surface area contributed by atoms with E-state index in [0.717, 1.165) is 18.2 Å². The molecular formula is C22H15N5Na2O7S2. The first-order valence-corrected chi connectivity index (χ1v) is 12.8. The van der Waals surface area contributed by atoms with Gasteiger partial charge in [0.05, 0.1) is 27.6 Å². The van der Waals surface area contributed by atoms with E-state index in [1.54, 1.807) is 0 Å². The van der Waals surface area contributed by atoms with E-state index in [1.807, 2.05) is 0 Å². The van der Waals surface area contributed by atoms with Gasteiger partial charge >= 0.3 is 59.1 Å². The largest absolute Gasteiger partial charge is 1.00 e. The molecule has 4 aromatic carbocycles. The van der Waals surface area contributed by atoms with Crippen molar-refractivity contribution in [3.05, 3.63) is 72.8 Å². The number of nitrogen functional groups attached to an aromatic ring is 1. The third-order valence-electron chi connectivity index (χ3n) is 4.91. The fraction of sp³-hybridized carbons (Fsp3) is 0. The molecule has 0 atom stereocenters. The summed E-state index contributed by atoms with van der Waals surface area (Å²) in [6, 6.07) is 16.4. The maximum atomic E-state index is 12.9. The normalized spacial score (nSPS) is 11.9. The Labute approximate surface area is 261 Å². The van der Waals surface area contributed by atoms with Crippen molar-refractivity contribution in [3.63, 3.8) is 0 Å². The molecule has 0 radical (unpaired) electrons. The number of hydrogen-bond acceptors (Lipinski definition) is 11. The van der Waals surface area contributed by atoms with E-state index in [1.165, 1.54) is 54.6 Å². The summed E-state index contributed by atoms with van der Waals surface area (Å²) in [5.41, 5.74) is 6.36. The molecule has 184 valence electrons. The number of benzene rings is 4. The summed E-state index contributed by atoms with van der Waals surface area (Å²) >= 11 is 0. The van der Waals surface area contributed by atoms with E-state index in [0.29, 0.717) is 11.4 Å². The maximum absolute atomic E-state index is 12.9. The molecule has 4 aromatic rings. The molecule has 0 aliphatic rings. The van der Waals surface area contributed by atoms with Gasteiger partial charge in [0.2, 0.25) is 0 Å². The van der Waals surface area contributed by atoms with Crippen LogP contribution in [-0.4, -0.2) is 25.9 Å². The van der Waals surface area contributed by atoms with Crippen LogP contribution in [0.5, 0.6) is 5.75 Å². The van der Waals surface area contributed by atoms with Crippen molar-refractivity contribution in [1.29, 1.82) is 0 Å². The predicted molar refractivity (Wildman–Crippen MR) is 127 cm³/mol. The van der Waals surface area contributed by atoms with Gasteiger partial charge in [-0.25, -0.2) is 8.42 Å². The summed E-state index contributed by atoms with van der Waals surface area (Å²) in [4.78, 5) is -1.10. The molecule has 0 aliphatic carbocycles. The second kappa shape index (κ2) is 12.7. The van der Waals surface area contributed by atoms with Crippen molar-refractivity contribution in [1.82, 2.24) is 0 Å². The number of rotatable bonds is 6. The van der Waals surface area contributed by atoms with E-state index in [9.17, 15) is 31.0 Å². The molecule has 12 nitrogen and oxygen atoms in total. The summed E-state index contributed by atoms with van der Waals surface area (Å²) in [5, 5.41) is 28.7. The summed E-state index contributed by atoms with van der Waals surface area (Å²) in [7, 11) is -9.37. The minimum atomic E-state index is -4.81. The van der Waals surface area contributed by atoms with Gasteiger partial charge in [0.15, 0.2) is 0 Å². The van der Waals surface area contributed by atoms with Crippen LogP contribution in [0.1, 0.15) is 0 Å². The van der Waals surface area contributed by atoms with Crippen LogP contribution in [-0.2, 0) is 20.2 Å². The monoisotopic (exact) mass is 571 g/mol. The summed E-state index contributed by atoms with van der Waals surface area (Å²) in [6.45, 7) is 0. The van der Waals surface area contributed by atoms with Crippen LogP contribution in [0.3, 0.4) is 0 Å².